The van der Waals surface area contributed by atoms with Crippen LogP contribution in [-0.2, 0) is 22.4 Å². The van der Waals surface area contributed by atoms with Gasteiger partial charge in [-0.05, 0) is 24.1 Å². The van der Waals surface area contributed by atoms with E-state index in [1.54, 1.807) is 6.07 Å². The molecule has 0 atom stereocenters. The maximum Gasteiger partial charge on any atom is 0.336 e. The third-order valence-corrected chi connectivity index (χ3v) is 5.27. The molecule has 1 spiro atoms. The topological polar surface area (TPSA) is 53.1 Å². The standard InChI is InChI=1S/C19H23NO4/c1-2-14-3-4-17-16(11-14)15(12-18(21)24-17)13-20-7-5-19(6-8-20)22-9-10-23-19/h3-4,11-12H,2,5-10,13H2,1H3/p+1. The molecule has 2 fully saturated rings. The Balaban J connectivity index is 1.57. The minimum Gasteiger partial charge on any atom is -0.423 e. The van der Waals surface area contributed by atoms with Crippen LogP contribution in [0.1, 0.15) is 30.9 Å². The summed E-state index contributed by atoms with van der Waals surface area (Å²) in [5, 5.41) is 1.06. The number of benzene rings is 1. The highest BCUT2D eigenvalue weighted by Crippen LogP contribution is 2.27. The van der Waals surface area contributed by atoms with Crippen molar-refractivity contribution in [3.8, 4) is 0 Å². The van der Waals surface area contributed by atoms with Crippen LogP contribution in [0.3, 0.4) is 0 Å². The molecule has 0 radical (unpaired) electrons. The maximum absolute atomic E-state index is 11.9. The van der Waals surface area contributed by atoms with E-state index in [1.807, 2.05) is 12.1 Å². The van der Waals surface area contributed by atoms with Gasteiger partial charge < -0.3 is 18.8 Å². The van der Waals surface area contributed by atoms with E-state index in [2.05, 4.69) is 13.0 Å². The lowest BCUT2D eigenvalue weighted by Crippen LogP contribution is -3.12. The number of rotatable bonds is 3. The van der Waals surface area contributed by atoms with Gasteiger partial charge in [0, 0.05) is 17.0 Å². The van der Waals surface area contributed by atoms with Crippen molar-refractivity contribution in [2.75, 3.05) is 26.3 Å². The smallest absolute Gasteiger partial charge is 0.336 e. The molecule has 0 saturated carbocycles. The van der Waals surface area contributed by atoms with Crippen LogP contribution in [0.25, 0.3) is 11.0 Å². The van der Waals surface area contributed by atoms with E-state index in [0.29, 0.717) is 18.8 Å². The second-order valence-electron chi connectivity index (χ2n) is 6.81. The van der Waals surface area contributed by atoms with Gasteiger partial charge in [0.1, 0.15) is 12.1 Å². The Labute approximate surface area is 141 Å². The summed E-state index contributed by atoms with van der Waals surface area (Å²) in [7, 11) is 0. The van der Waals surface area contributed by atoms with Gasteiger partial charge in [-0.25, -0.2) is 4.79 Å². The van der Waals surface area contributed by atoms with Crippen molar-refractivity contribution in [1.29, 1.82) is 0 Å². The van der Waals surface area contributed by atoms with Gasteiger partial charge in [-0.15, -0.1) is 0 Å². The average Bonchev–Trinajstić information content (AvgIpc) is 3.05. The molecular weight excluding hydrogens is 306 g/mol. The molecule has 5 heteroatoms. The molecule has 2 saturated heterocycles. The first-order valence-corrected chi connectivity index (χ1v) is 8.85. The van der Waals surface area contributed by atoms with E-state index in [1.165, 1.54) is 10.5 Å². The van der Waals surface area contributed by atoms with Gasteiger partial charge in [-0.2, -0.15) is 0 Å². The van der Waals surface area contributed by atoms with E-state index >= 15 is 0 Å². The molecule has 128 valence electrons. The summed E-state index contributed by atoms with van der Waals surface area (Å²) in [4.78, 5) is 13.4. The fourth-order valence-corrected chi connectivity index (χ4v) is 3.86. The molecule has 2 aliphatic rings. The van der Waals surface area contributed by atoms with Crippen LogP contribution in [0, 0.1) is 0 Å². The highest BCUT2D eigenvalue weighted by atomic mass is 16.7. The van der Waals surface area contributed by atoms with Gasteiger partial charge in [0.15, 0.2) is 5.79 Å². The zero-order chi connectivity index (χ0) is 16.6. The molecule has 24 heavy (non-hydrogen) atoms. The van der Waals surface area contributed by atoms with Crippen LogP contribution in [0.4, 0.5) is 0 Å². The third kappa shape index (κ3) is 2.99. The lowest BCUT2D eigenvalue weighted by Gasteiger charge is -2.35. The summed E-state index contributed by atoms with van der Waals surface area (Å²) >= 11 is 0. The fraction of sp³-hybridized carbons (Fsp3) is 0.526. The summed E-state index contributed by atoms with van der Waals surface area (Å²) in [6.45, 7) is 6.38. The van der Waals surface area contributed by atoms with Gasteiger partial charge in [-0.3, -0.25) is 0 Å². The number of fused-ring (bicyclic) bond motifs is 1. The normalized spacial score (nSPS) is 20.9. The van der Waals surface area contributed by atoms with Crippen LogP contribution < -0.4 is 10.5 Å². The number of ether oxygens (including phenoxy) is 2. The number of piperidine rings is 1. The van der Waals surface area contributed by atoms with Gasteiger partial charge in [0.25, 0.3) is 0 Å². The molecule has 2 aromatic rings. The molecule has 1 N–H and O–H groups in total. The zero-order valence-electron chi connectivity index (χ0n) is 14.1. The molecule has 5 nitrogen and oxygen atoms in total. The van der Waals surface area contributed by atoms with Gasteiger partial charge in [0.2, 0.25) is 0 Å². The molecule has 4 rings (SSSR count). The largest absolute Gasteiger partial charge is 0.423 e. The van der Waals surface area contributed by atoms with Gasteiger partial charge >= 0.3 is 5.63 Å². The summed E-state index contributed by atoms with van der Waals surface area (Å²) in [5.41, 5.74) is 2.76. The van der Waals surface area contributed by atoms with E-state index in [0.717, 1.165) is 49.8 Å². The third-order valence-electron chi connectivity index (χ3n) is 5.27. The Morgan fingerprint density at radius 1 is 1.12 bits per heavy atom. The van der Waals surface area contributed by atoms with Crippen molar-refractivity contribution in [2.24, 2.45) is 0 Å². The van der Waals surface area contributed by atoms with Crippen LogP contribution >= 0.6 is 0 Å². The lowest BCUT2D eigenvalue weighted by molar-refractivity contribution is -0.922. The molecular formula is C19H24NO4+. The first kappa shape index (κ1) is 15.8. The number of hydrogen-bond donors (Lipinski definition) is 1. The second-order valence-corrected chi connectivity index (χ2v) is 6.81. The van der Waals surface area contributed by atoms with Crippen LogP contribution in [0.5, 0.6) is 0 Å². The fourth-order valence-electron chi connectivity index (χ4n) is 3.86. The maximum atomic E-state index is 11.9. The summed E-state index contributed by atoms with van der Waals surface area (Å²) in [5.74, 6) is -0.337. The van der Waals surface area contributed by atoms with Crippen LogP contribution in [0.2, 0.25) is 0 Å². The number of nitrogens with one attached hydrogen (secondary N) is 1. The number of likely N-dealkylation sites (tertiary alicyclic amines) is 1. The van der Waals surface area contributed by atoms with E-state index < -0.39 is 0 Å². The quantitative estimate of drug-likeness (QED) is 0.862. The second kappa shape index (κ2) is 6.31. The molecule has 0 aliphatic carbocycles. The highest BCUT2D eigenvalue weighted by molar-refractivity contribution is 5.80. The Hall–Kier alpha value is -1.69. The Morgan fingerprint density at radius 2 is 1.88 bits per heavy atom. The molecule has 3 heterocycles. The van der Waals surface area contributed by atoms with E-state index in [4.69, 9.17) is 13.9 Å². The van der Waals surface area contributed by atoms with E-state index in [9.17, 15) is 4.79 Å². The molecule has 1 aromatic carbocycles. The van der Waals surface area contributed by atoms with Crippen LogP contribution in [0.15, 0.2) is 33.5 Å². The lowest BCUT2D eigenvalue weighted by atomic mass is 10.0. The van der Waals surface area contributed by atoms with Gasteiger partial charge in [-0.1, -0.05) is 13.0 Å². The summed E-state index contributed by atoms with van der Waals surface area (Å²) in [6, 6.07) is 7.75. The molecule has 0 amide bonds. The van der Waals surface area contributed by atoms with E-state index in [-0.39, 0.29) is 11.4 Å². The minimum atomic E-state index is -0.337. The highest BCUT2D eigenvalue weighted by Gasteiger charge is 2.41. The number of hydrogen-bond acceptors (Lipinski definition) is 4. The zero-order valence-corrected chi connectivity index (χ0v) is 14.1. The predicted molar refractivity (Wildman–Crippen MR) is 90.1 cm³/mol. The first-order valence-electron chi connectivity index (χ1n) is 8.85. The Morgan fingerprint density at radius 3 is 2.58 bits per heavy atom. The minimum absolute atomic E-state index is 0.267. The van der Waals surface area contributed by atoms with Crippen molar-refractivity contribution in [1.82, 2.24) is 0 Å². The molecule has 0 unspecified atom stereocenters. The predicted octanol–water partition coefficient (Wildman–Crippen LogP) is 1.28. The van der Waals surface area contributed by atoms with Crippen LogP contribution in [-0.4, -0.2) is 32.1 Å². The summed E-state index contributed by atoms with van der Waals surface area (Å²) in [6.07, 6.45) is 2.81. The van der Waals surface area contributed by atoms with Crippen molar-refractivity contribution in [3.63, 3.8) is 0 Å². The number of quaternary nitrogens is 1. The number of aryl methyl sites for hydroxylation is 1. The molecule has 1 aromatic heterocycles. The average molecular weight is 330 g/mol. The Bertz CT molecular complexity index is 782. The van der Waals surface area contributed by atoms with Gasteiger partial charge in [0.05, 0.1) is 39.1 Å². The van der Waals surface area contributed by atoms with Crippen molar-refractivity contribution in [2.45, 2.75) is 38.5 Å². The first-order chi connectivity index (χ1) is 11.7. The van der Waals surface area contributed by atoms with Crippen molar-refractivity contribution in [3.05, 3.63) is 45.8 Å². The van der Waals surface area contributed by atoms with Crippen molar-refractivity contribution < 1.29 is 18.8 Å². The monoisotopic (exact) mass is 330 g/mol. The Kier molecular flexibility index (Phi) is 4.16. The SMILES string of the molecule is CCc1ccc2oc(=O)cc(C[NH+]3CCC4(CC3)OCCO4)c2c1. The molecule has 0 bridgehead atoms. The van der Waals surface area contributed by atoms with Crippen molar-refractivity contribution >= 4 is 11.0 Å². The summed E-state index contributed by atoms with van der Waals surface area (Å²) < 4.78 is 17.0. The molecule has 2 aliphatic heterocycles.